The SMILES string of the molecule is C#CCC(CC)NCc1cc(C(=O)O)sc1C. The van der Waals surface area contributed by atoms with Crippen LogP contribution in [0.4, 0.5) is 0 Å². The van der Waals surface area contributed by atoms with Crippen molar-refractivity contribution in [3.05, 3.63) is 21.4 Å². The van der Waals surface area contributed by atoms with Gasteiger partial charge in [-0.05, 0) is 25.0 Å². The maximum Gasteiger partial charge on any atom is 0.345 e. The van der Waals surface area contributed by atoms with Gasteiger partial charge in [-0.3, -0.25) is 0 Å². The maximum absolute atomic E-state index is 10.8. The lowest BCUT2D eigenvalue weighted by Gasteiger charge is -2.13. The van der Waals surface area contributed by atoms with E-state index in [0.717, 1.165) is 16.9 Å². The third-order valence-corrected chi connectivity index (χ3v) is 3.75. The van der Waals surface area contributed by atoms with E-state index in [2.05, 4.69) is 18.2 Å². The van der Waals surface area contributed by atoms with Gasteiger partial charge in [-0.1, -0.05) is 6.92 Å². The Morgan fingerprint density at radius 1 is 1.71 bits per heavy atom. The molecule has 4 heteroatoms. The first kappa shape index (κ1) is 13.8. The molecule has 92 valence electrons. The van der Waals surface area contributed by atoms with Crippen LogP contribution in [0, 0.1) is 19.3 Å². The molecule has 0 spiro atoms. The van der Waals surface area contributed by atoms with Crippen LogP contribution < -0.4 is 5.32 Å². The van der Waals surface area contributed by atoms with Crippen LogP contribution in [0.25, 0.3) is 0 Å². The summed E-state index contributed by atoms with van der Waals surface area (Å²) in [6.07, 6.45) is 6.95. The average Bonchev–Trinajstić information content (AvgIpc) is 2.66. The Labute approximate surface area is 106 Å². The largest absolute Gasteiger partial charge is 0.477 e. The van der Waals surface area contributed by atoms with Gasteiger partial charge in [-0.15, -0.1) is 23.7 Å². The molecule has 1 rings (SSSR count). The Morgan fingerprint density at radius 2 is 2.41 bits per heavy atom. The minimum Gasteiger partial charge on any atom is -0.477 e. The minimum absolute atomic E-state index is 0.299. The lowest BCUT2D eigenvalue weighted by Crippen LogP contribution is -2.27. The highest BCUT2D eigenvalue weighted by atomic mass is 32.1. The number of aryl methyl sites for hydroxylation is 1. The van der Waals surface area contributed by atoms with Crippen LogP contribution in [-0.4, -0.2) is 17.1 Å². The summed E-state index contributed by atoms with van der Waals surface area (Å²) in [7, 11) is 0. The molecule has 1 aromatic rings. The lowest BCUT2D eigenvalue weighted by molar-refractivity contribution is 0.0702. The van der Waals surface area contributed by atoms with Gasteiger partial charge < -0.3 is 10.4 Å². The molecular weight excluding hydrogens is 234 g/mol. The molecule has 0 saturated heterocycles. The number of thiophene rings is 1. The van der Waals surface area contributed by atoms with Gasteiger partial charge >= 0.3 is 5.97 Å². The van der Waals surface area contributed by atoms with E-state index in [1.54, 1.807) is 6.07 Å². The number of nitrogens with one attached hydrogen (secondary N) is 1. The Hall–Kier alpha value is -1.31. The third-order valence-electron chi connectivity index (χ3n) is 2.67. The minimum atomic E-state index is -0.861. The molecule has 0 radical (unpaired) electrons. The zero-order valence-electron chi connectivity index (χ0n) is 10.1. The predicted octanol–water partition coefficient (Wildman–Crippen LogP) is 2.65. The number of carbonyl (C=O) groups is 1. The number of carboxylic acid groups (broad SMARTS) is 1. The molecule has 1 heterocycles. The lowest BCUT2D eigenvalue weighted by atomic mass is 10.1. The predicted molar refractivity (Wildman–Crippen MR) is 70.4 cm³/mol. The molecule has 0 amide bonds. The Kier molecular flexibility index (Phi) is 5.20. The van der Waals surface area contributed by atoms with Gasteiger partial charge in [0.25, 0.3) is 0 Å². The molecule has 0 saturated carbocycles. The van der Waals surface area contributed by atoms with Gasteiger partial charge in [0.2, 0.25) is 0 Å². The first-order valence-corrected chi connectivity index (χ1v) is 6.39. The molecule has 0 fully saturated rings. The quantitative estimate of drug-likeness (QED) is 0.764. The zero-order valence-corrected chi connectivity index (χ0v) is 10.9. The fourth-order valence-electron chi connectivity index (χ4n) is 1.56. The fraction of sp³-hybridized carbons (Fsp3) is 0.462. The summed E-state index contributed by atoms with van der Waals surface area (Å²) in [4.78, 5) is 12.3. The van der Waals surface area contributed by atoms with E-state index >= 15 is 0 Å². The molecule has 2 N–H and O–H groups in total. The smallest absolute Gasteiger partial charge is 0.345 e. The highest BCUT2D eigenvalue weighted by Gasteiger charge is 2.12. The van der Waals surface area contributed by atoms with E-state index in [9.17, 15) is 4.79 Å². The number of aromatic carboxylic acids is 1. The molecule has 3 nitrogen and oxygen atoms in total. The fourth-order valence-corrected chi connectivity index (χ4v) is 2.44. The number of hydrogen-bond acceptors (Lipinski definition) is 3. The number of terminal acetylenes is 1. The van der Waals surface area contributed by atoms with Crippen LogP contribution in [0.3, 0.4) is 0 Å². The highest BCUT2D eigenvalue weighted by molar-refractivity contribution is 7.14. The van der Waals surface area contributed by atoms with E-state index in [1.165, 1.54) is 11.3 Å². The second-order valence-electron chi connectivity index (χ2n) is 3.89. The molecule has 0 aromatic carbocycles. The van der Waals surface area contributed by atoms with Crippen molar-refractivity contribution in [3.63, 3.8) is 0 Å². The molecule has 1 atom stereocenters. The molecule has 0 aliphatic heterocycles. The van der Waals surface area contributed by atoms with Gasteiger partial charge in [0, 0.05) is 23.9 Å². The molecule has 0 aliphatic carbocycles. The Balaban J connectivity index is 2.63. The topological polar surface area (TPSA) is 49.3 Å². The van der Waals surface area contributed by atoms with Gasteiger partial charge in [0.15, 0.2) is 0 Å². The van der Waals surface area contributed by atoms with Crippen LogP contribution >= 0.6 is 11.3 Å². The van der Waals surface area contributed by atoms with Gasteiger partial charge in [0.05, 0.1) is 0 Å². The van der Waals surface area contributed by atoms with Crippen LogP contribution in [-0.2, 0) is 6.54 Å². The molecule has 0 aliphatic rings. The van der Waals surface area contributed by atoms with Crippen LogP contribution in [0.2, 0.25) is 0 Å². The van der Waals surface area contributed by atoms with Crippen molar-refractivity contribution in [3.8, 4) is 12.3 Å². The van der Waals surface area contributed by atoms with Crippen LogP contribution in [0.15, 0.2) is 6.07 Å². The van der Waals surface area contributed by atoms with Gasteiger partial charge in [-0.2, -0.15) is 0 Å². The first-order chi connectivity index (χ1) is 8.08. The second-order valence-corrected chi connectivity index (χ2v) is 5.15. The van der Waals surface area contributed by atoms with Crippen molar-refractivity contribution in [1.82, 2.24) is 5.32 Å². The summed E-state index contributed by atoms with van der Waals surface area (Å²) < 4.78 is 0. The van der Waals surface area contributed by atoms with Crippen molar-refractivity contribution in [2.45, 2.75) is 39.3 Å². The monoisotopic (exact) mass is 251 g/mol. The van der Waals surface area contributed by atoms with Crippen LogP contribution in [0.1, 0.15) is 39.9 Å². The first-order valence-electron chi connectivity index (χ1n) is 5.57. The highest BCUT2D eigenvalue weighted by Crippen LogP contribution is 2.21. The zero-order chi connectivity index (χ0) is 12.8. The van der Waals surface area contributed by atoms with Crippen molar-refractivity contribution >= 4 is 17.3 Å². The average molecular weight is 251 g/mol. The van der Waals surface area contributed by atoms with E-state index in [-0.39, 0.29) is 0 Å². The molecule has 1 aromatic heterocycles. The second kappa shape index (κ2) is 6.43. The summed E-state index contributed by atoms with van der Waals surface area (Å²) in [5, 5.41) is 12.2. The molecular formula is C13H17NO2S. The van der Waals surface area contributed by atoms with Crippen molar-refractivity contribution < 1.29 is 9.90 Å². The Morgan fingerprint density at radius 3 is 2.88 bits per heavy atom. The third kappa shape index (κ3) is 3.88. The van der Waals surface area contributed by atoms with Crippen molar-refractivity contribution in [1.29, 1.82) is 0 Å². The van der Waals surface area contributed by atoms with Crippen molar-refractivity contribution in [2.75, 3.05) is 0 Å². The van der Waals surface area contributed by atoms with E-state index < -0.39 is 5.97 Å². The summed E-state index contributed by atoms with van der Waals surface area (Å²) in [6.45, 7) is 4.70. The van der Waals surface area contributed by atoms with E-state index in [0.29, 0.717) is 23.9 Å². The van der Waals surface area contributed by atoms with Crippen molar-refractivity contribution in [2.24, 2.45) is 0 Å². The van der Waals surface area contributed by atoms with Gasteiger partial charge in [0.1, 0.15) is 4.88 Å². The van der Waals surface area contributed by atoms with E-state index in [4.69, 9.17) is 11.5 Å². The molecule has 0 bridgehead atoms. The van der Waals surface area contributed by atoms with Crippen LogP contribution in [0.5, 0.6) is 0 Å². The number of rotatable bonds is 6. The van der Waals surface area contributed by atoms with Gasteiger partial charge in [-0.25, -0.2) is 4.79 Å². The summed E-state index contributed by atoms with van der Waals surface area (Å²) in [5.41, 5.74) is 1.04. The molecule has 1 unspecified atom stereocenters. The summed E-state index contributed by atoms with van der Waals surface area (Å²) in [5.74, 6) is 1.78. The summed E-state index contributed by atoms with van der Waals surface area (Å²) >= 11 is 1.32. The number of hydrogen-bond donors (Lipinski definition) is 2. The Bertz CT molecular complexity index is 431. The molecule has 17 heavy (non-hydrogen) atoms. The normalized spacial score (nSPS) is 12.1. The van der Waals surface area contributed by atoms with E-state index in [1.807, 2.05) is 6.92 Å². The maximum atomic E-state index is 10.8. The number of carboxylic acids is 1. The standard InChI is InChI=1S/C13H17NO2S/c1-4-6-11(5-2)14-8-10-7-12(13(15)16)17-9(10)3/h1,7,11,14H,5-6,8H2,2-3H3,(H,15,16). The summed E-state index contributed by atoms with van der Waals surface area (Å²) in [6, 6.07) is 2.03.